The summed E-state index contributed by atoms with van der Waals surface area (Å²) in [6, 6.07) is 2.29. The summed E-state index contributed by atoms with van der Waals surface area (Å²) in [7, 11) is -2.59. The summed E-state index contributed by atoms with van der Waals surface area (Å²) < 4.78 is 38.9. The van der Waals surface area contributed by atoms with Gasteiger partial charge in [0, 0.05) is 20.0 Å². The molecule has 0 bridgehead atoms. The maximum absolute atomic E-state index is 13.5. The van der Waals surface area contributed by atoms with E-state index in [-0.39, 0.29) is 27.9 Å². The van der Waals surface area contributed by atoms with Crippen molar-refractivity contribution >= 4 is 50.4 Å². The van der Waals surface area contributed by atoms with E-state index >= 15 is 0 Å². The van der Waals surface area contributed by atoms with Crippen molar-refractivity contribution in [2.75, 3.05) is 13.6 Å². The molecule has 0 aromatic heterocycles. The predicted octanol–water partition coefficient (Wildman–Crippen LogP) is 2.43. The lowest BCUT2D eigenvalue weighted by atomic mass is 10.3. The third kappa shape index (κ3) is 3.76. The Morgan fingerprint density at radius 2 is 2.05 bits per heavy atom. The summed E-state index contributed by atoms with van der Waals surface area (Å²) >= 11 is 15.9. The SMILES string of the molecule is CN(CCC(N)=S)S(=O)(=O)c1ccc(Cl)c(F)c1Cl. The van der Waals surface area contributed by atoms with Gasteiger partial charge in [-0.1, -0.05) is 35.4 Å². The second kappa shape index (κ2) is 6.32. The van der Waals surface area contributed by atoms with Crippen LogP contribution >= 0.6 is 35.4 Å². The van der Waals surface area contributed by atoms with Crippen molar-refractivity contribution in [1.82, 2.24) is 4.31 Å². The summed E-state index contributed by atoms with van der Waals surface area (Å²) in [5.41, 5.74) is 5.30. The summed E-state index contributed by atoms with van der Waals surface area (Å²) in [4.78, 5) is -0.156. The molecule has 0 amide bonds. The Balaban J connectivity index is 3.14. The molecule has 0 radical (unpaired) electrons. The van der Waals surface area contributed by atoms with Gasteiger partial charge >= 0.3 is 0 Å². The highest BCUT2D eigenvalue weighted by atomic mass is 35.5. The van der Waals surface area contributed by atoms with Crippen LogP contribution in [0.1, 0.15) is 6.42 Å². The summed E-state index contributed by atoms with van der Waals surface area (Å²) in [5.74, 6) is -0.966. The molecule has 0 heterocycles. The van der Waals surface area contributed by atoms with E-state index in [0.29, 0.717) is 0 Å². The molecule has 0 unspecified atom stereocenters. The average molecular weight is 345 g/mol. The van der Waals surface area contributed by atoms with Gasteiger partial charge in [-0.25, -0.2) is 17.1 Å². The number of nitrogens with two attached hydrogens (primary N) is 1. The first-order valence-corrected chi connectivity index (χ1v) is 7.66. The number of benzene rings is 1. The molecule has 4 nitrogen and oxygen atoms in total. The van der Waals surface area contributed by atoms with Gasteiger partial charge in [-0.05, 0) is 12.1 Å². The first-order valence-electron chi connectivity index (χ1n) is 5.06. The number of rotatable bonds is 5. The Morgan fingerprint density at radius 1 is 1.47 bits per heavy atom. The first kappa shape index (κ1) is 16.6. The fourth-order valence-corrected chi connectivity index (χ4v) is 3.24. The van der Waals surface area contributed by atoms with Crippen LogP contribution in [-0.4, -0.2) is 31.3 Å². The lowest BCUT2D eigenvalue weighted by Gasteiger charge is -2.18. The molecule has 0 spiro atoms. The van der Waals surface area contributed by atoms with Gasteiger partial charge in [0.1, 0.15) is 4.90 Å². The lowest BCUT2D eigenvalue weighted by molar-refractivity contribution is 0.478. The van der Waals surface area contributed by atoms with E-state index in [1.807, 2.05) is 0 Å². The van der Waals surface area contributed by atoms with E-state index in [0.717, 1.165) is 16.4 Å². The fraction of sp³-hybridized carbons (Fsp3) is 0.300. The summed E-state index contributed by atoms with van der Waals surface area (Å²) in [6.07, 6.45) is 0.221. The molecule has 1 rings (SSSR count). The third-order valence-electron chi connectivity index (χ3n) is 2.36. The Labute approximate surface area is 126 Å². The van der Waals surface area contributed by atoms with Crippen molar-refractivity contribution in [2.45, 2.75) is 11.3 Å². The number of halogens is 3. The van der Waals surface area contributed by atoms with Gasteiger partial charge in [0.05, 0.1) is 15.0 Å². The molecule has 1 aromatic rings. The molecule has 0 aliphatic rings. The summed E-state index contributed by atoms with van der Waals surface area (Å²) in [6.45, 7) is 0.0816. The van der Waals surface area contributed by atoms with Crippen LogP contribution in [0.4, 0.5) is 4.39 Å². The molecule has 9 heteroatoms. The standard InChI is InChI=1S/C10H11Cl2FN2O2S2/c1-15(5-4-8(14)18)19(16,17)7-3-2-6(11)10(13)9(7)12/h2-3H,4-5H2,1H3,(H2,14,18). The zero-order valence-electron chi connectivity index (χ0n) is 9.86. The quantitative estimate of drug-likeness (QED) is 0.658. The second-order valence-electron chi connectivity index (χ2n) is 3.72. The molecule has 0 aliphatic carbocycles. The van der Waals surface area contributed by atoms with Crippen molar-refractivity contribution in [1.29, 1.82) is 0 Å². The monoisotopic (exact) mass is 344 g/mol. The number of thiocarbonyl (C=S) groups is 1. The fourth-order valence-electron chi connectivity index (χ4n) is 1.26. The molecule has 0 saturated carbocycles. The van der Waals surface area contributed by atoms with Crippen LogP contribution < -0.4 is 5.73 Å². The largest absolute Gasteiger partial charge is 0.393 e. The average Bonchev–Trinajstić information content (AvgIpc) is 2.32. The Morgan fingerprint density at radius 3 is 2.58 bits per heavy atom. The minimum atomic E-state index is -3.92. The predicted molar refractivity (Wildman–Crippen MR) is 77.6 cm³/mol. The third-order valence-corrected chi connectivity index (χ3v) is 5.24. The highest BCUT2D eigenvalue weighted by molar-refractivity contribution is 7.89. The van der Waals surface area contributed by atoms with E-state index in [1.54, 1.807) is 0 Å². The molecule has 0 atom stereocenters. The molecule has 106 valence electrons. The topological polar surface area (TPSA) is 63.4 Å². The van der Waals surface area contributed by atoms with Crippen molar-refractivity contribution in [3.8, 4) is 0 Å². The van der Waals surface area contributed by atoms with Crippen molar-refractivity contribution < 1.29 is 12.8 Å². The Kier molecular flexibility index (Phi) is 5.52. The number of hydrogen-bond donors (Lipinski definition) is 1. The van der Waals surface area contributed by atoms with Gasteiger partial charge < -0.3 is 5.73 Å². The zero-order valence-corrected chi connectivity index (χ0v) is 13.0. The lowest BCUT2D eigenvalue weighted by Crippen LogP contribution is -2.30. The maximum atomic E-state index is 13.5. The molecule has 0 saturated heterocycles. The highest BCUT2D eigenvalue weighted by Crippen LogP contribution is 2.30. The summed E-state index contributed by atoms with van der Waals surface area (Å²) in [5, 5.41) is -0.774. The van der Waals surface area contributed by atoms with Gasteiger partial charge in [0.15, 0.2) is 5.82 Å². The first-order chi connectivity index (χ1) is 8.67. The Bertz CT molecular complexity index is 608. The number of nitrogens with zero attached hydrogens (tertiary/aromatic N) is 1. The molecule has 0 aliphatic heterocycles. The Hall–Kier alpha value is -0.470. The molecular weight excluding hydrogens is 334 g/mol. The van der Waals surface area contributed by atoms with Crippen LogP contribution in [0.3, 0.4) is 0 Å². The number of sulfonamides is 1. The normalized spacial score (nSPS) is 11.8. The van der Waals surface area contributed by atoms with Gasteiger partial charge in [0.2, 0.25) is 10.0 Å². The van der Waals surface area contributed by atoms with Crippen molar-refractivity contribution in [3.63, 3.8) is 0 Å². The molecule has 2 N–H and O–H groups in total. The van der Waals surface area contributed by atoms with Crippen LogP contribution in [-0.2, 0) is 10.0 Å². The maximum Gasteiger partial charge on any atom is 0.244 e. The van der Waals surface area contributed by atoms with Crippen LogP contribution in [0.25, 0.3) is 0 Å². The van der Waals surface area contributed by atoms with Crippen molar-refractivity contribution in [3.05, 3.63) is 28.0 Å². The second-order valence-corrected chi connectivity index (χ2v) is 7.04. The van der Waals surface area contributed by atoms with Gasteiger partial charge in [-0.15, -0.1) is 0 Å². The highest BCUT2D eigenvalue weighted by Gasteiger charge is 2.26. The minimum absolute atomic E-state index is 0.0816. The molecule has 19 heavy (non-hydrogen) atoms. The van der Waals surface area contributed by atoms with Gasteiger partial charge in [0.25, 0.3) is 0 Å². The van der Waals surface area contributed by atoms with Gasteiger partial charge in [-0.2, -0.15) is 0 Å². The minimum Gasteiger partial charge on any atom is -0.393 e. The van der Waals surface area contributed by atoms with Gasteiger partial charge in [-0.3, -0.25) is 0 Å². The van der Waals surface area contributed by atoms with Crippen molar-refractivity contribution in [2.24, 2.45) is 5.73 Å². The van der Waals surface area contributed by atoms with Crippen LogP contribution in [0.2, 0.25) is 10.0 Å². The van der Waals surface area contributed by atoms with E-state index < -0.39 is 20.9 Å². The van der Waals surface area contributed by atoms with E-state index in [4.69, 9.17) is 28.9 Å². The van der Waals surface area contributed by atoms with E-state index in [1.165, 1.54) is 7.05 Å². The zero-order chi connectivity index (χ0) is 14.8. The molecule has 0 fully saturated rings. The van der Waals surface area contributed by atoms with Crippen LogP contribution in [0.5, 0.6) is 0 Å². The van der Waals surface area contributed by atoms with Crippen LogP contribution in [0.15, 0.2) is 17.0 Å². The molecular formula is C10H11Cl2FN2O2S2. The number of hydrogen-bond acceptors (Lipinski definition) is 3. The van der Waals surface area contributed by atoms with E-state index in [2.05, 4.69) is 12.2 Å². The molecule has 1 aromatic carbocycles. The van der Waals surface area contributed by atoms with Crippen LogP contribution in [0, 0.1) is 5.82 Å². The smallest absolute Gasteiger partial charge is 0.244 e. The van der Waals surface area contributed by atoms with E-state index in [9.17, 15) is 12.8 Å².